The summed E-state index contributed by atoms with van der Waals surface area (Å²) in [6, 6.07) is 57.9. The molecule has 0 spiro atoms. The van der Waals surface area contributed by atoms with Crippen LogP contribution in [0.2, 0.25) is 0 Å². The Kier molecular flexibility index (Phi) is 48.4. The third-order valence-electron chi connectivity index (χ3n) is 8.51. The minimum Gasteiger partial charge on any atom is -0.0683 e. The van der Waals surface area contributed by atoms with Crippen molar-refractivity contribution in [2.45, 2.75) is 245 Å². The Labute approximate surface area is 472 Å². The standard InChI is InChI=1S/C20H26.C18H14.C10H14.3C5H12.6C2H6/c1-19(2,3)17-12-16(15-10-8-7-9-11-15)13-18(14-17)20(4,5)6;1-3-7-15(8-4-1)17-11-13-18(14-12-17)16-9-5-2-6-10-16;1-10(2,3)9-7-5-4-6-8-9;3*1-5(2,3)4;6*1-2/h7-14H,1-6H3;1-14H;4-8H,1-3H3;3*1-4H3;6*1-2H3. The van der Waals surface area contributed by atoms with Crippen molar-refractivity contribution in [1.82, 2.24) is 0 Å². The van der Waals surface area contributed by atoms with Gasteiger partial charge in [-0.15, -0.1) is 0 Å². The van der Waals surface area contributed by atoms with Crippen LogP contribution in [0.3, 0.4) is 0 Å². The van der Waals surface area contributed by atoms with E-state index in [2.05, 4.69) is 297 Å². The average molecular weight is 1030 g/mol. The lowest BCUT2D eigenvalue weighted by atomic mass is 9.79. The molecule has 6 rings (SSSR count). The summed E-state index contributed by atoms with van der Waals surface area (Å²) in [6.45, 7) is 70.6. The van der Waals surface area contributed by atoms with Crippen LogP contribution in [-0.2, 0) is 16.2 Å². The molecule has 0 saturated carbocycles. The minimum absolute atomic E-state index is 0.171. The molecule has 0 bridgehead atoms. The first-order valence-corrected chi connectivity index (χ1v) is 29.2. The number of hydrogen-bond donors (Lipinski definition) is 0. The van der Waals surface area contributed by atoms with Gasteiger partial charge in [-0.2, -0.15) is 0 Å². The SMILES string of the molecule is CC.CC.CC.CC.CC.CC.CC(C)(C)C.CC(C)(C)C.CC(C)(C)C.CC(C)(C)c1cc(-c2ccccc2)cc(C(C)(C)C)c1.CC(C)(C)c1ccccc1.c1ccc(-c2ccc(-c3ccccc3)cc2)cc1. The van der Waals surface area contributed by atoms with Crippen LogP contribution in [0, 0.1) is 16.2 Å². The number of hydrogen-bond acceptors (Lipinski definition) is 0. The molecule has 75 heavy (non-hydrogen) atoms. The van der Waals surface area contributed by atoms with Crippen LogP contribution >= 0.6 is 0 Å². The first-order valence-electron chi connectivity index (χ1n) is 29.2. The van der Waals surface area contributed by atoms with Crippen LogP contribution in [0.5, 0.6) is 0 Å². The fraction of sp³-hybridized carbons (Fsp3) is 0.520. The molecule has 0 aliphatic rings. The van der Waals surface area contributed by atoms with Gasteiger partial charge in [-0.3, -0.25) is 0 Å². The van der Waals surface area contributed by atoms with Gasteiger partial charge in [-0.25, -0.2) is 0 Å². The summed E-state index contributed by atoms with van der Waals surface area (Å²) < 4.78 is 0. The van der Waals surface area contributed by atoms with Gasteiger partial charge in [0.15, 0.2) is 0 Å². The molecule has 0 atom stereocenters. The smallest absolute Gasteiger partial charge is 0.0132 e. The molecule has 0 aromatic heterocycles. The van der Waals surface area contributed by atoms with E-state index in [1.807, 2.05) is 95.2 Å². The van der Waals surface area contributed by atoms with E-state index in [1.54, 1.807) is 0 Å². The van der Waals surface area contributed by atoms with E-state index in [9.17, 15) is 0 Å². The van der Waals surface area contributed by atoms with Crippen molar-refractivity contribution in [2.24, 2.45) is 16.2 Å². The molecule has 0 aliphatic carbocycles. The lowest BCUT2D eigenvalue weighted by molar-refractivity contribution is 0.469. The lowest BCUT2D eigenvalue weighted by Crippen LogP contribution is -2.16. The highest BCUT2D eigenvalue weighted by molar-refractivity contribution is 5.70. The van der Waals surface area contributed by atoms with Gasteiger partial charge in [-0.1, -0.05) is 392 Å². The van der Waals surface area contributed by atoms with Gasteiger partial charge < -0.3 is 0 Å². The van der Waals surface area contributed by atoms with Crippen LogP contribution < -0.4 is 0 Å². The fourth-order valence-electron chi connectivity index (χ4n) is 5.35. The van der Waals surface area contributed by atoms with Crippen molar-refractivity contribution in [3.63, 3.8) is 0 Å². The van der Waals surface area contributed by atoms with Gasteiger partial charge in [0, 0.05) is 0 Å². The number of benzene rings is 6. The van der Waals surface area contributed by atoms with E-state index in [0.29, 0.717) is 21.7 Å². The summed E-state index contributed by atoms with van der Waals surface area (Å²) in [6.07, 6.45) is 0. The molecule has 0 amide bonds. The summed E-state index contributed by atoms with van der Waals surface area (Å²) in [5, 5.41) is 0. The van der Waals surface area contributed by atoms with Crippen LogP contribution in [-0.4, -0.2) is 0 Å². The maximum absolute atomic E-state index is 2.37. The monoisotopic (exact) mass is 1030 g/mol. The highest BCUT2D eigenvalue weighted by Gasteiger charge is 2.21. The molecule has 0 unspecified atom stereocenters. The van der Waals surface area contributed by atoms with Gasteiger partial charge in [0.05, 0.1) is 0 Å². The molecule has 0 heterocycles. The highest BCUT2D eigenvalue weighted by Crippen LogP contribution is 2.34. The van der Waals surface area contributed by atoms with Crippen molar-refractivity contribution in [2.75, 3.05) is 0 Å². The van der Waals surface area contributed by atoms with E-state index >= 15 is 0 Å². The summed E-state index contributed by atoms with van der Waals surface area (Å²) >= 11 is 0. The van der Waals surface area contributed by atoms with Crippen molar-refractivity contribution < 1.29 is 0 Å². The topological polar surface area (TPSA) is 0 Å². The van der Waals surface area contributed by atoms with Crippen LogP contribution in [0.25, 0.3) is 33.4 Å². The molecule has 0 saturated heterocycles. The van der Waals surface area contributed by atoms with Crippen molar-refractivity contribution in [1.29, 1.82) is 0 Å². The van der Waals surface area contributed by atoms with E-state index in [0.717, 1.165) is 0 Å². The molecular weight excluding hydrogens is 901 g/mol. The van der Waals surface area contributed by atoms with Crippen molar-refractivity contribution >= 4 is 0 Å². The quantitative estimate of drug-likeness (QED) is 0.166. The number of rotatable bonds is 3. The Hall–Kier alpha value is -4.68. The second-order valence-electron chi connectivity index (χ2n) is 24.6. The third-order valence-corrected chi connectivity index (χ3v) is 8.51. The average Bonchev–Trinajstić information content (AvgIpc) is 3.37. The van der Waals surface area contributed by atoms with Crippen LogP contribution in [0.15, 0.2) is 164 Å². The fourth-order valence-corrected chi connectivity index (χ4v) is 5.35. The Morgan fingerprint density at radius 3 is 0.507 bits per heavy atom. The molecular formula is C75H126. The molecule has 6 aromatic rings. The molecule has 6 aromatic carbocycles. The molecule has 0 aliphatic heterocycles. The highest BCUT2D eigenvalue weighted by atomic mass is 14.3. The van der Waals surface area contributed by atoms with Gasteiger partial charge in [0.1, 0.15) is 0 Å². The zero-order valence-corrected chi connectivity index (χ0v) is 56.1. The normalized spacial score (nSPS) is 10.2. The molecule has 0 nitrogen and oxygen atoms in total. The van der Waals surface area contributed by atoms with E-state index in [1.165, 1.54) is 50.1 Å². The second-order valence-corrected chi connectivity index (χ2v) is 24.6. The van der Waals surface area contributed by atoms with Gasteiger partial charge in [0.2, 0.25) is 0 Å². The largest absolute Gasteiger partial charge is 0.0683 e. The maximum atomic E-state index is 2.37. The molecule has 0 fully saturated rings. The summed E-state index contributed by atoms with van der Waals surface area (Å²) in [5.74, 6) is 0. The Morgan fingerprint density at radius 2 is 0.333 bits per heavy atom. The summed E-state index contributed by atoms with van der Waals surface area (Å²) in [7, 11) is 0. The van der Waals surface area contributed by atoms with Crippen LogP contribution in [0.1, 0.15) is 245 Å². The Morgan fingerprint density at radius 1 is 0.173 bits per heavy atom. The van der Waals surface area contributed by atoms with Crippen molar-refractivity contribution in [3.05, 3.63) is 180 Å². The molecule has 426 valence electrons. The van der Waals surface area contributed by atoms with Gasteiger partial charge >= 0.3 is 0 Å². The van der Waals surface area contributed by atoms with Crippen LogP contribution in [0.4, 0.5) is 0 Å². The van der Waals surface area contributed by atoms with E-state index in [4.69, 9.17) is 0 Å². The minimum atomic E-state index is 0.171. The molecule has 0 heteroatoms. The Bertz CT molecular complexity index is 1940. The summed E-state index contributed by atoms with van der Waals surface area (Å²) in [4.78, 5) is 0. The first-order chi connectivity index (χ1) is 34.7. The predicted octanol–water partition coefficient (Wildman–Crippen LogP) is 26.3. The maximum Gasteiger partial charge on any atom is -0.0132 e. The zero-order chi connectivity index (χ0) is 60.3. The van der Waals surface area contributed by atoms with Gasteiger partial charge in [0.25, 0.3) is 0 Å². The second kappa shape index (κ2) is 44.4. The van der Waals surface area contributed by atoms with E-state index < -0.39 is 0 Å². The third kappa shape index (κ3) is 49.9. The molecule has 0 N–H and O–H groups in total. The summed E-state index contributed by atoms with van der Waals surface area (Å²) in [5.41, 5.74) is 14.0. The zero-order valence-electron chi connectivity index (χ0n) is 56.1. The van der Waals surface area contributed by atoms with Crippen molar-refractivity contribution in [3.8, 4) is 33.4 Å². The first kappa shape index (κ1) is 81.7. The molecule has 0 radical (unpaired) electrons. The predicted molar refractivity (Wildman–Crippen MR) is 355 cm³/mol. The lowest BCUT2D eigenvalue weighted by Gasteiger charge is -2.26. The van der Waals surface area contributed by atoms with Gasteiger partial charge in [-0.05, 0) is 82.6 Å². The van der Waals surface area contributed by atoms with E-state index in [-0.39, 0.29) is 10.8 Å². The Balaban J connectivity index is -0.000000197.